The molecule has 38 heavy (non-hydrogen) atoms. The predicted octanol–water partition coefficient (Wildman–Crippen LogP) is 4.85. The van der Waals surface area contributed by atoms with Crippen LogP contribution in [0.2, 0.25) is 0 Å². The fourth-order valence-corrected chi connectivity index (χ4v) is 6.01. The first-order valence-electron chi connectivity index (χ1n) is 13.0. The zero-order valence-electron chi connectivity index (χ0n) is 21.4. The third-order valence-corrected chi connectivity index (χ3v) is 7.98. The minimum absolute atomic E-state index is 0.173. The number of rotatable bonds is 8. The van der Waals surface area contributed by atoms with Crippen molar-refractivity contribution in [1.29, 1.82) is 5.26 Å². The number of hydrogen-bond donors (Lipinski definition) is 0. The predicted molar refractivity (Wildman–Crippen MR) is 144 cm³/mol. The molecule has 2 aromatic heterocycles. The Morgan fingerprint density at radius 2 is 2.16 bits per heavy atom. The molecule has 5 atom stereocenters. The molecule has 0 N–H and O–H groups in total. The van der Waals surface area contributed by atoms with Gasteiger partial charge in [0.15, 0.2) is 0 Å². The van der Waals surface area contributed by atoms with Crippen molar-refractivity contribution in [3.8, 4) is 17.5 Å². The van der Waals surface area contributed by atoms with Crippen molar-refractivity contribution in [3.05, 3.63) is 90.4 Å². The number of methoxy groups -OCH3 is 1. The van der Waals surface area contributed by atoms with Crippen molar-refractivity contribution in [2.75, 3.05) is 20.2 Å². The van der Waals surface area contributed by atoms with Crippen LogP contribution in [0.1, 0.15) is 35.8 Å². The number of fused-ring (bicyclic) bond motifs is 4. The number of nitrogens with zero attached hydrogens (tertiary/aromatic N) is 6. The number of hydrogen-bond acceptors (Lipinski definition) is 7. The second kappa shape index (κ2) is 10.4. The highest BCUT2D eigenvalue weighted by atomic mass is 16.5. The number of pyridine rings is 1. The Morgan fingerprint density at radius 1 is 1.24 bits per heavy atom. The molecule has 0 amide bonds. The second-order valence-electron chi connectivity index (χ2n) is 10.1. The standard InChI is InChI=1S/C30H30N6O2/c1-3-21-17-35-12-10-22(21)14-29(35)30(26-9-11-32-28-8-7-25(37-2)15-27(26)28)38-19-23-18-36(34-33-23)24-6-4-5-20(13-24)16-31/h3-9,11,13,15,18,21-22,29-30H,1,10,12,14,17,19H2,2H3/t21-,22-,29+,30+/m0/s1. The van der Waals surface area contributed by atoms with Crippen LogP contribution < -0.4 is 4.74 Å². The van der Waals surface area contributed by atoms with Crippen molar-refractivity contribution in [1.82, 2.24) is 24.9 Å². The number of ether oxygens (including phenoxy) is 2. The summed E-state index contributed by atoms with van der Waals surface area (Å²) in [7, 11) is 1.68. The zero-order chi connectivity index (χ0) is 26.1. The van der Waals surface area contributed by atoms with Gasteiger partial charge in [-0.15, -0.1) is 11.7 Å². The van der Waals surface area contributed by atoms with Gasteiger partial charge in [0.05, 0.1) is 48.9 Å². The van der Waals surface area contributed by atoms with Crippen LogP contribution in [0.4, 0.5) is 0 Å². The smallest absolute Gasteiger partial charge is 0.119 e. The molecule has 0 spiro atoms. The molecule has 192 valence electrons. The van der Waals surface area contributed by atoms with Crippen LogP contribution in [-0.4, -0.2) is 51.1 Å². The highest BCUT2D eigenvalue weighted by molar-refractivity contribution is 5.84. The molecule has 5 heterocycles. The van der Waals surface area contributed by atoms with Crippen LogP contribution in [0.25, 0.3) is 16.6 Å². The molecule has 4 aromatic rings. The monoisotopic (exact) mass is 506 g/mol. The van der Waals surface area contributed by atoms with Crippen LogP contribution in [0.15, 0.2) is 73.6 Å². The van der Waals surface area contributed by atoms with Crippen LogP contribution in [0.3, 0.4) is 0 Å². The molecular formula is C30H30N6O2. The molecule has 8 heteroatoms. The van der Waals surface area contributed by atoms with Gasteiger partial charge in [0.1, 0.15) is 11.4 Å². The Bertz CT molecular complexity index is 1510. The normalized spacial score (nSPS) is 23.2. The zero-order valence-corrected chi connectivity index (χ0v) is 21.4. The molecular weight excluding hydrogens is 476 g/mol. The van der Waals surface area contributed by atoms with Crippen molar-refractivity contribution < 1.29 is 9.47 Å². The molecule has 2 aromatic carbocycles. The number of benzene rings is 2. The van der Waals surface area contributed by atoms with E-state index in [0.717, 1.165) is 53.1 Å². The van der Waals surface area contributed by atoms with Gasteiger partial charge in [-0.2, -0.15) is 5.26 Å². The van der Waals surface area contributed by atoms with Crippen molar-refractivity contribution in [2.24, 2.45) is 11.8 Å². The van der Waals surface area contributed by atoms with E-state index in [1.165, 1.54) is 6.42 Å². The SMILES string of the molecule is C=C[C@H]1CN2CC[C@H]1C[C@@H]2[C@H](OCc1cn(-c2cccc(C#N)c2)nn1)c1ccnc2ccc(OC)cc12. The summed E-state index contributed by atoms with van der Waals surface area (Å²) >= 11 is 0. The maximum Gasteiger partial charge on any atom is 0.119 e. The average molecular weight is 507 g/mol. The van der Waals surface area contributed by atoms with Gasteiger partial charge >= 0.3 is 0 Å². The minimum atomic E-state index is -0.173. The van der Waals surface area contributed by atoms with Crippen molar-refractivity contribution in [3.63, 3.8) is 0 Å². The van der Waals surface area contributed by atoms with E-state index in [9.17, 15) is 5.26 Å². The lowest BCUT2D eigenvalue weighted by atomic mass is 9.73. The molecule has 8 nitrogen and oxygen atoms in total. The van der Waals surface area contributed by atoms with Crippen LogP contribution in [0, 0.1) is 23.2 Å². The summed E-state index contributed by atoms with van der Waals surface area (Å²) in [6.45, 7) is 6.48. The lowest BCUT2D eigenvalue weighted by molar-refractivity contribution is -0.0809. The maximum absolute atomic E-state index is 9.24. The van der Waals surface area contributed by atoms with Gasteiger partial charge in [0.25, 0.3) is 0 Å². The van der Waals surface area contributed by atoms with E-state index in [-0.39, 0.29) is 12.1 Å². The molecule has 3 fully saturated rings. The lowest BCUT2D eigenvalue weighted by Gasteiger charge is -2.51. The van der Waals surface area contributed by atoms with E-state index < -0.39 is 0 Å². The van der Waals surface area contributed by atoms with Crippen LogP contribution in [0.5, 0.6) is 5.75 Å². The summed E-state index contributed by atoms with van der Waals surface area (Å²) in [5.74, 6) is 1.94. The minimum Gasteiger partial charge on any atom is -0.497 e. The fraction of sp³-hybridized carbons (Fsp3) is 0.333. The van der Waals surface area contributed by atoms with Crippen molar-refractivity contribution >= 4 is 10.9 Å². The summed E-state index contributed by atoms with van der Waals surface area (Å²) in [5, 5.41) is 18.9. The summed E-state index contributed by atoms with van der Waals surface area (Å²) in [4.78, 5) is 7.16. The Morgan fingerprint density at radius 3 is 2.95 bits per heavy atom. The summed E-state index contributed by atoms with van der Waals surface area (Å²) in [5.41, 5.74) is 4.12. The van der Waals surface area contributed by atoms with Gasteiger partial charge in [-0.05, 0) is 79.3 Å². The molecule has 3 aliphatic heterocycles. The van der Waals surface area contributed by atoms with Crippen molar-refractivity contribution in [2.45, 2.75) is 31.6 Å². The first-order valence-corrected chi connectivity index (χ1v) is 13.0. The highest BCUT2D eigenvalue weighted by Gasteiger charge is 2.43. The Balaban J connectivity index is 1.32. The average Bonchev–Trinajstić information content (AvgIpc) is 3.46. The largest absolute Gasteiger partial charge is 0.497 e. The van der Waals surface area contributed by atoms with Gasteiger partial charge in [-0.3, -0.25) is 9.88 Å². The quantitative estimate of drug-likeness (QED) is 0.316. The van der Waals surface area contributed by atoms with E-state index >= 15 is 0 Å². The molecule has 0 radical (unpaired) electrons. The number of piperidine rings is 3. The number of aromatic nitrogens is 4. The van der Waals surface area contributed by atoms with Gasteiger partial charge in [-0.1, -0.05) is 17.4 Å². The van der Waals surface area contributed by atoms with E-state index in [0.29, 0.717) is 24.0 Å². The van der Waals surface area contributed by atoms with E-state index in [1.807, 2.05) is 36.7 Å². The Hall–Kier alpha value is -4.06. The topological polar surface area (TPSA) is 89.1 Å². The first-order chi connectivity index (χ1) is 18.7. The van der Waals surface area contributed by atoms with Gasteiger partial charge < -0.3 is 9.47 Å². The Labute approximate surface area is 222 Å². The van der Waals surface area contributed by atoms with E-state index in [1.54, 1.807) is 23.9 Å². The number of nitriles is 1. The van der Waals surface area contributed by atoms with Gasteiger partial charge in [0, 0.05) is 24.2 Å². The van der Waals surface area contributed by atoms with Crippen LogP contribution >= 0.6 is 0 Å². The molecule has 3 aliphatic rings. The van der Waals surface area contributed by atoms with E-state index in [2.05, 4.69) is 51.1 Å². The molecule has 7 rings (SSSR count). The third-order valence-electron chi connectivity index (χ3n) is 7.98. The molecule has 3 saturated heterocycles. The van der Waals surface area contributed by atoms with Crippen LogP contribution in [-0.2, 0) is 11.3 Å². The Kier molecular flexibility index (Phi) is 6.62. The summed E-state index contributed by atoms with van der Waals surface area (Å²) < 4.78 is 14.0. The molecule has 2 bridgehead atoms. The fourth-order valence-electron chi connectivity index (χ4n) is 6.01. The molecule has 0 aliphatic carbocycles. The van der Waals surface area contributed by atoms with E-state index in [4.69, 9.17) is 9.47 Å². The molecule has 0 saturated carbocycles. The molecule has 1 unspecified atom stereocenters. The third kappa shape index (κ3) is 4.55. The first kappa shape index (κ1) is 24.3. The highest BCUT2D eigenvalue weighted by Crippen LogP contribution is 2.44. The van der Waals surface area contributed by atoms with Gasteiger partial charge in [-0.25, -0.2) is 4.68 Å². The lowest BCUT2D eigenvalue weighted by Crippen LogP contribution is -2.55. The maximum atomic E-state index is 9.24. The van der Waals surface area contributed by atoms with Gasteiger partial charge in [0.2, 0.25) is 0 Å². The second-order valence-corrected chi connectivity index (χ2v) is 10.1. The summed E-state index contributed by atoms with van der Waals surface area (Å²) in [6, 6.07) is 17.8. The summed E-state index contributed by atoms with van der Waals surface area (Å²) in [6.07, 6.45) is 7.93.